The number of fused-ring (bicyclic) bond motifs is 5. The fraction of sp³-hybridized carbons (Fsp3) is 0.105. The van der Waals surface area contributed by atoms with Gasteiger partial charge in [-0.05, 0) is 88.5 Å². The van der Waals surface area contributed by atoms with Crippen LogP contribution in [0.15, 0.2) is 127 Å². The molecule has 7 aromatic carbocycles. The number of benzene rings is 7. The summed E-state index contributed by atoms with van der Waals surface area (Å²) in [7, 11) is 0. The van der Waals surface area contributed by atoms with Crippen molar-refractivity contribution >= 4 is 43.1 Å². The van der Waals surface area contributed by atoms with Crippen molar-refractivity contribution < 1.29 is 0 Å². The Kier molecular flexibility index (Phi) is 5.13. The van der Waals surface area contributed by atoms with Crippen molar-refractivity contribution in [2.75, 3.05) is 0 Å². The molecule has 7 rings (SSSR count). The minimum absolute atomic E-state index is 0.0591. The van der Waals surface area contributed by atoms with Gasteiger partial charge in [-0.2, -0.15) is 0 Å². The van der Waals surface area contributed by atoms with Gasteiger partial charge in [-0.15, -0.1) is 0 Å². The first-order valence-corrected chi connectivity index (χ1v) is 13.5. The summed E-state index contributed by atoms with van der Waals surface area (Å²) in [5.74, 6) is 0. The van der Waals surface area contributed by atoms with Crippen LogP contribution in [0.4, 0.5) is 0 Å². The van der Waals surface area contributed by atoms with E-state index < -0.39 is 0 Å². The lowest BCUT2D eigenvalue weighted by atomic mass is 9.80. The summed E-state index contributed by atoms with van der Waals surface area (Å²) in [6, 6.07) is 47.0. The van der Waals surface area contributed by atoms with Gasteiger partial charge in [0.1, 0.15) is 0 Å². The zero-order valence-corrected chi connectivity index (χ0v) is 22.1. The lowest BCUT2D eigenvalue weighted by Crippen LogP contribution is -2.10. The maximum atomic E-state index is 2.44. The number of rotatable bonds is 2. The van der Waals surface area contributed by atoms with E-state index in [4.69, 9.17) is 0 Å². The van der Waals surface area contributed by atoms with E-state index in [0.717, 1.165) is 0 Å². The second-order valence-electron chi connectivity index (χ2n) is 11.4. The highest BCUT2D eigenvalue weighted by atomic mass is 14.2. The summed E-state index contributed by atoms with van der Waals surface area (Å²) in [4.78, 5) is 0. The molecule has 0 spiro atoms. The van der Waals surface area contributed by atoms with E-state index in [1.807, 2.05) is 0 Å². The Labute approximate surface area is 224 Å². The summed E-state index contributed by atoms with van der Waals surface area (Å²) >= 11 is 0. The maximum Gasteiger partial charge on any atom is -0.00199 e. The lowest BCUT2D eigenvalue weighted by Gasteiger charge is -2.23. The van der Waals surface area contributed by atoms with Crippen LogP contribution in [0.1, 0.15) is 26.3 Å². The second-order valence-corrected chi connectivity index (χ2v) is 11.4. The molecule has 0 heteroatoms. The predicted octanol–water partition coefficient (Wildman–Crippen LogP) is 10.9. The van der Waals surface area contributed by atoms with Crippen molar-refractivity contribution in [1.82, 2.24) is 0 Å². The minimum Gasteiger partial charge on any atom is -0.0622 e. The quantitative estimate of drug-likeness (QED) is 0.168. The molecule has 182 valence electrons. The third-order valence-corrected chi connectivity index (χ3v) is 7.99. The molecule has 0 bridgehead atoms. The SMILES string of the molecule is CC(C)(C)c1ccc2c(-c3cc4ccccc4c4ccccc34)c3ccccc3c(-c3ccccc3)c2c1. The van der Waals surface area contributed by atoms with E-state index in [-0.39, 0.29) is 5.41 Å². The van der Waals surface area contributed by atoms with E-state index in [2.05, 4.69) is 148 Å². The molecule has 0 N–H and O–H groups in total. The van der Waals surface area contributed by atoms with Gasteiger partial charge in [0.2, 0.25) is 0 Å². The molecule has 0 saturated carbocycles. The van der Waals surface area contributed by atoms with Crippen LogP contribution in [0.5, 0.6) is 0 Å². The standard InChI is InChI=1S/C38H30/c1-38(2,3)27-21-22-33-35(24-27)36(25-13-5-4-6-14-25)31-19-11-12-20-32(31)37(33)34-23-26-15-7-8-16-28(26)29-17-9-10-18-30(29)34/h4-24H,1-3H3. The fourth-order valence-electron chi connectivity index (χ4n) is 6.11. The topological polar surface area (TPSA) is 0 Å². The van der Waals surface area contributed by atoms with Gasteiger partial charge >= 0.3 is 0 Å². The molecule has 0 radical (unpaired) electrons. The molecule has 0 nitrogen and oxygen atoms in total. The van der Waals surface area contributed by atoms with Crippen LogP contribution in [0.2, 0.25) is 0 Å². The van der Waals surface area contributed by atoms with Crippen molar-refractivity contribution in [2.24, 2.45) is 0 Å². The van der Waals surface area contributed by atoms with Crippen molar-refractivity contribution in [3.63, 3.8) is 0 Å². The molecule has 7 aromatic rings. The third-order valence-electron chi connectivity index (χ3n) is 7.99. The highest BCUT2D eigenvalue weighted by Gasteiger charge is 2.21. The molecule has 0 aromatic heterocycles. The van der Waals surface area contributed by atoms with Gasteiger partial charge in [0.15, 0.2) is 0 Å². The van der Waals surface area contributed by atoms with E-state index >= 15 is 0 Å². The minimum atomic E-state index is 0.0591. The summed E-state index contributed by atoms with van der Waals surface area (Å²) in [5.41, 5.74) is 6.60. The van der Waals surface area contributed by atoms with Gasteiger partial charge in [0, 0.05) is 0 Å². The smallest absolute Gasteiger partial charge is 0.00199 e. The van der Waals surface area contributed by atoms with Crippen molar-refractivity contribution in [2.45, 2.75) is 26.2 Å². The van der Waals surface area contributed by atoms with Gasteiger partial charge in [-0.3, -0.25) is 0 Å². The number of hydrogen-bond acceptors (Lipinski definition) is 0. The van der Waals surface area contributed by atoms with Gasteiger partial charge < -0.3 is 0 Å². The van der Waals surface area contributed by atoms with E-state index in [1.165, 1.54) is 70.9 Å². The van der Waals surface area contributed by atoms with Crippen LogP contribution in [0.25, 0.3) is 65.3 Å². The summed E-state index contributed by atoms with van der Waals surface area (Å²) < 4.78 is 0. The van der Waals surface area contributed by atoms with Gasteiger partial charge in [0.25, 0.3) is 0 Å². The first kappa shape index (κ1) is 22.8. The Morgan fingerprint density at radius 2 is 0.947 bits per heavy atom. The zero-order chi connectivity index (χ0) is 25.9. The zero-order valence-electron chi connectivity index (χ0n) is 22.1. The molecule has 0 amide bonds. The van der Waals surface area contributed by atoms with Crippen LogP contribution in [-0.4, -0.2) is 0 Å². The van der Waals surface area contributed by atoms with E-state index in [1.54, 1.807) is 0 Å². The summed E-state index contributed by atoms with van der Waals surface area (Å²) in [6.07, 6.45) is 0. The molecular formula is C38H30. The molecule has 0 unspecified atom stereocenters. The van der Waals surface area contributed by atoms with Gasteiger partial charge in [-0.1, -0.05) is 136 Å². The Morgan fingerprint density at radius 1 is 0.395 bits per heavy atom. The Hall–Kier alpha value is -4.42. The first-order valence-electron chi connectivity index (χ1n) is 13.5. The molecule has 0 heterocycles. The Bertz CT molecular complexity index is 1990. The van der Waals surface area contributed by atoms with Crippen LogP contribution < -0.4 is 0 Å². The van der Waals surface area contributed by atoms with Gasteiger partial charge in [-0.25, -0.2) is 0 Å². The monoisotopic (exact) mass is 486 g/mol. The molecule has 0 atom stereocenters. The average molecular weight is 487 g/mol. The van der Waals surface area contributed by atoms with Crippen molar-refractivity contribution in [3.8, 4) is 22.3 Å². The first-order chi connectivity index (χ1) is 18.5. The molecular weight excluding hydrogens is 456 g/mol. The normalized spacial score (nSPS) is 12.1. The highest BCUT2D eigenvalue weighted by Crippen LogP contribution is 2.47. The molecule has 0 aliphatic carbocycles. The Morgan fingerprint density at radius 3 is 1.66 bits per heavy atom. The third kappa shape index (κ3) is 3.52. The lowest BCUT2D eigenvalue weighted by molar-refractivity contribution is 0.591. The molecule has 0 saturated heterocycles. The number of hydrogen-bond donors (Lipinski definition) is 0. The average Bonchev–Trinajstić information content (AvgIpc) is 2.95. The van der Waals surface area contributed by atoms with Crippen LogP contribution in [0.3, 0.4) is 0 Å². The fourth-order valence-corrected chi connectivity index (χ4v) is 6.11. The van der Waals surface area contributed by atoms with Crippen LogP contribution >= 0.6 is 0 Å². The van der Waals surface area contributed by atoms with Gasteiger partial charge in [0.05, 0.1) is 0 Å². The molecule has 0 aliphatic heterocycles. The van der Waals surface area contributed by atoms with E-state index in [9.17, 15) is 0 Å². The van der Waals surface area contributed by atoms with Crippen LogP contribution in [-0.2, 0) is 5.41 Å². The summed E-state index contributed by atoms with van der Waals surface area (Å²) in [6.45, 7) is 6.90. The second kappa shape index (κ2) is 8.57. The van der Waals surface area contributed by atoms with E-state index in [0.29, 0.717) is 0 Å². The molecule has 0 fully saturated rings. The molecule has 0 aliphatic rings. The van der Waals surface area contributed by atoms with Crippen molar-refractivity contribution in [1.29, 1.82) is 0 Å². The summed E-state index contributed by atoms with van der Waals surface area (Å²) in [5, 5.41) is 10.4. The molecule has 38 heavy (non-hydrogen) atoms. The maximum absolute atomic E-state index is 2.44. The van der Waals surface area contributed by atoms with Crippen molar-refractivity contribution in [3.05, 3.63) is 133 Å². The van der Waals surface area contributed by atoms with Crippen LogP contribution in [0, 0.1) is 0 Å². The largest absolute Gasteiger partial charge is 0.0622 e. The predicted molar refractivity (Wildman–Crippen MR) is 166 cm³/mol. The Balaban J connectivity index is 1.72. The highest BCUT2D eigenvalue weighted by molar-refractivity contribution is 6.25.